The summed E-state index contributed by atoms with van der Waals surface area (Å²) in [7, 11) is 0. The first kappa shape index (κ1) is 13.8. The van der Waals surface area contributed by atoms with Gasteiger partial charge in [0.2, 0.25) is 0 Å². The quantitative estimate of drug-likeness (QED) is 0.785. The van der Waals surface area contributed by atoms with Gasteiger partial charge in [0.25, 0.3) is 0 Å². The number of hydrogen-bond acceptors (Lipinski definition) is 2. The highest BCUT2D eigenvalue weighted by atomic mass is 79.9. The first-order valence-electron chi connectivity index (χ1n) is 6.25. The lowest BCUT2D eigenvalue weighted by molar-refractivity contribution is 0.460. The number of halogens is 1. The third-order valence-corrected chi connectivity index (χ3v) is 4.63. The molecule has 1 nitrogen and oxygen atoms in total. The van der Waals surface area contributed by atoms with E-state index >= 15 is 0 Å². The van der Waals surface area contributed by atoms with Gasteiger partial charge in [-0.05, 0) is 42.5 Å². The molecule has 18 heavy (non-hydrogen) atoms. The van der Waals surface area contributed by atoms with Crippen LogP contribution in [0.5, 0.6) is 0 Å². The van der Waals surface area contributed by atoms with Gasteiger partial charge in [-0.15, -0.1) is 11.3 Å². The monoisotopic (exact) mass is 323 g/mol. The van der Waals surface area contributed by atoms with Gasteiger partial charge in [0, 0.05) is 21.4 Å². The second-order valence-corrected chi connectivity index (χ2v) is 6.31. The van der Waals surface area contributed by atoms with Crippen molar-refractivity contribution in [1.29, 1.82) is 0 Å². The number of thiophene rings is 1. The smallest absolute Gasteiger partial charge is 0.0391 e. The van der Waals surface area contributed by atoms with E-state index in [4.69, 9.17) is 0 Å². The fraction of sp³-hybridized carbons (Fsp3) is 0.333. The van der Waals surface area contributed by atoms with Gasteiger partial charge < -0.3 is 5.32 Å². The molecule has 0 fully saturated rings. The van der Waals surface area contributed by atoms with Crippen LogP contribution in [0.2, 0.25) is 0 Å². The van der Waals surface area contributed by atoms with Gasteiger partial charge in [-0.2, -0.15) is 0 Å². The minimum atomic E-state index is 0.397. The van der Waals surface area contributed by atoms with Crippen LogP contribution in [-0.4, -0.2) is 0 Å². The Balaban J connectivity index is 2.10. The van der Waals surface area contributed by atoms with E-state index < -0.39 is 0 Å². The summed E-state index contributed by atoms with van der Waals surface area (Å²) in [6.45, 7) is 4.45. The van der Waals surface area contributed by atoms with E-state index in [0.717, 1.165) is 10.9 Å². The van der Waals surface area contributed by atoms with E-state index in [1.807, 2.05) is 11.3 Å². The van der Waals surface area contributed by atoms with Gasteiger partial charge in [-0.3, -0.25) is 0 Å². The molecule has 0 aliphatic heterocycles. The maximum absolute atomic E-state index is 3.70. The first-order valence-corrected chi connectivity index (χ1v) is 7.93. The predicted molar refractivity (Wildman–Crippen MR) is 83.0 cm³/mol. The highest BCUT2D eigenvalue weighted by Gasteiger charge is 2.14. The Kier molecular flexibility index (Phi) is 4.98. The van der Waals surface area contributed by atoms with E-state index in [9.17, 15) is 0 Å². The first-order chi connectivity index (χ1) is 8.70. The van der Waals surface area contributed by atoms with Crippen molar-refractivity contribution in [3.05, 3.63) is 56.7 Å². The largest absolute Gasteiger partial charge is 0.303 e. The molecule has 1 aromatic heterocycles. The molecule has 3 heteroatoms. The SMILES string of the molecule is CCC(N[C@H](C)c1cccs1)c1cccc(Br)c1. The van der Waals surface area contributed by atoms with E-state index in [1.165, 1.54) is 10.4 Å². The summed E-state index contributed by atoms with van der Waals surface area (Å²) in [6, 6.07) is 13.6. The molecule has 1 N–H and O–H groups in total. The summed E-state index contributed by atoms with van der Waals surface area (Å²) in [5, 5.41) is 5.83. The molecule has 0 spiro atoms. The zero-order valence-electron chi connectivity index (χ0n) is 10.7. The average Bonchev–Trinajstić information content (AvgIpc) is 2.89. The molecule has 0 saturated heterocycles. The van der Waals surface area contributed by atoms with Gasteiger partial charge >= 0.3 is 0 Å². The minimum Gasteiger partial charge on any atom is -0.303 e. The number of rotatable bonds is 5. The van der Waals surface area contributed by atoms with Crippen LogP contribution in [0.25, 0.3) is 0 Å². The molecule has 0 bridgehead atoms. The lowest BCUT2D eigenvalue weighted by Crippen LogP contribution is -2.23. The number of hydrogen-bond donors (Lipinski definition) is 1. The molecule has 0 radical (unpaired) electrons. The van der Waals surface area contributed by atoms with Crippen molar-refractivity contribution in [3.8, 4) is 0 Å². The Morgan fingerprint density at radius 2 is 2.11 bits per heavy atom. The van der Waals surface area contributed by atoms with E-state index in [2.05, 4.69) is 76.9 Å². The number of nitrogens with one attached hydrogen (secondary N) is 1. The Labute approximate surface area is 121 Å². The molecular weight excluding hydrogens is 306 g/mol. The molecule has 1 heterocycles. The molecule has 1 unspecified atom stereocenters. The van der Waals surface area contributed by atoms with E-state index in [-0.39, 0.29) is 0 Å². The second kappa shape index (κ2) is 6.50. The van der Waals surface area contributed by atoms with Crippen molar-refractivity contribution < 1.29 is 0 Å². The summed E-state index contributed by atoms with van der Waals surface area (Å²) in [5.74, 6) is 0. The maximum atomic E-state index is 3.70. The van der Waals surface area contributed by atoms with Crippen molar-refractivity contribution in [2.24, 2.45) is 0 Å². The highest BCUT2D eigenvalue weighted by molar-refractivity contribution is 9.10. The highest BCUT2D eigenvalue weighted by Crippen LogP contribution is 2.26. The Morgan fingerprint density at radius 3 is 2.72 bits per heavy atom. The van der Waals surface area contributed by atoms with Crippen molar-refractivity contribution in [2.45, 2.75) is 32.4 Å². The van der Waals surface area contributed by atoms with Crippen LogP contribution in [0.1, 0.15) is 42.8 Å². The van der Waals surface area contributed by atoms with Crippen LogP contribution in [0.3, 0.4) is 0 Å². The van der Waals surface area contributed by atoms with Crippen LogP contribution >= 0.6 is 27.3 Å². The van der Waals surface area contributed by atoms with Crippen LogP contribution in [0, 0.1) is 0 Å². The fourth-order valence-corrected chi connectivity index (χ4v) is 3.26. The van der Waals surface area contributed by atoms with Crippen molar-refractivity contribution in [2.75, 3.05) is 0 Å². The molecule has 2 aromatic rings. The average molecular weight is 324 g/mol. The van der Waals surface area contributed by atoms with Crippen molar-refractivity contribution >= 4 is 27.3 Å². The standard InChI is InChI=1S/C15H18BrNS/c1-3-14(12-6-4-7-13(16)10-12)17-11(2)15-8-5-9-18-15/h4-11,14,17H,3H2,1-2H3/t11-,14?/m1/s1. The molecule has 2 rings (SSSR count). The van der Waals surface area contributed by atoms with Crippen LogP contribution in [0.4, 0.5) is 0 Å². The molecule has 0 amide bonds. The molecule has 0 aliphatic rings. The Morgan fingerprint density at radius 1 is 1.28 bits per heavy atom. The molecule has 0 aliphatic carbocycles. The Hall–Kier alpha value is -0.640. The van der Waals surface area contributed by atoms with Crippen molar-refractivity contribution in [1.82, 2.24) is 5.32 Å². The Bertz CT molecular complexity index is 481. The lowest BCUT2D eigenvalue weighted by atomic mass is 10.0. The van der Waals surface area contributed by atoms with Gasteiger partial charge in [0.15, 0.2) is 0 Å². The molecule has 96 valence electrons. The third-order valence-electron chi connectivity index (χ3n) is 3.08. The summed E-state index contributed by atoms with van der Waals surface area (Å²) in [6.07, 6.45) is 1.09. The van der Waals surface area contributed by atoms with Crippen LogP contribution in [-0.2, 0) is 0 Å². The minimum absolute atomic E-state index is 0.397. The van der Waals surface area contributed by atoms with Gasteiger partial charge in [-0.1, -0.05) is 41.1 Å². The molecule has 0 saturated carbocycles. The maximum Gasteiger partial charge on any atom is 0.0391 e. The summed E-state index contributed by atoms with van der Waals surface area (Å²) in [4.78, 5) is 1.39. The summed E-state index contributed by atoms with van der Waals surface area (Å²) >= 11 is 5.35. The van der Waals surface area contributed by atoms with Gasteiger partial charge in [0.1, 0.15) is 0 Å². The molecule has 1 aromatic carbocycles. The predicted octanol–water partition coefficient (Wildman–Crippen LogP) is 5.31. The van der Waals surface area contributed by atoms with Crippen LogP contribution < -0.4 is 5.32 Å². The topological polar surface area (TPSA) is 12.0 Å². The second-order valence-electron chi connectivity index (χ2n) is 4.42. The molecule has 2 atom stereocenters. The summed E-state index contributed by atoms with van der Waals surface area (Å²) < 4.78 is 1.14. The van der Waals surface area contributed by atoms with Gasteiger partial charge in [-0.25, -0.2) is 0 Å². The van der Waals surface area contributed by atoms with E-state index in [1.54, 1.807) is 0 Å². The number of benzene rings is 1. The van der Waals surface area contributed by atoms with Gasteiger partial charge in [0.05, 0.1) is 0 Å². The van der Waals surface area contributed by atoms with Crippen LogP contribution in [0.15, 0.2) is 46.3 Å². The normalized spacial score (nSPS) is 14.4. The molecular formula is C15H18BrNS. The lowest BCUT2D eigenvalue weighted by Gasteiger charge is -2.22. The zero-order valence-corrected chi connectivity index (χ0v) is 13.1. The third kappa shape index (κ3) is 3.44. The fourth-order valence-electron chi connectivity index (χ4n) is 2.09. The van der Waals surface area contributed by atoms with Crippen molar-refractivity contribution in [3.63, 3.8) is 0 Å². The summed E-state index contributed by atoms with van der Waals surface area (Å²) in [5.41, 5.74) is 1.34. The zero-order chi connectivity index (χ0) is 13.0. The van der Waals surface area contributed by atoms with E-state index in [0.29, 0.717) is 12.1 Å².